The molecule has 0 aliphatic carbocycles. The second-order valence-electron chi connectivity index (χ2n) is 8.08. The molecule has 4 N–H and O–H groups in total. The van der Waals surface area contributed by atoms with Gasteiger partial charge in [0, 0.05) is 41.6 Å². The highest BCUT2D eigenvalue weighted by molar-refractivity contribution is 6.31. The van der Waals surface area contributed by atoms with Gasteiger partial charge in [0.05, 0.1) is 41.9 Å². The van der Waals surface area contributed by atoms with Crippen LogP contribution in [-0.2, 0) is 4.74 Å². The van der Waals surface area contributed by atoms with E-state index in [2.05, 4.69) is 21.6 Å². The summed E-state index contributed by atoms with van der Waals surface area (Å²) in [6.45, 7) is 0.275. The predicted molar refractivity (Wildman–Crippen MR) is 136 cm³/mol. The number of aromatic amines is 2. The quantitative estimate of drug-likeness (QED) is 0.253. The molecule has 4 rings (SSSR count). The lowest BCUT2D eigenvalue weighted by Crippen LogP contribution is -2.37. The van der Waals surface area contributed by atoms with E-state index in [0.29, 0.717) is 50.5 Å². The van der Waals surface area contributed by atoms with Gasteiger partial charge in [-0.1, -0.05) is 11.6 Å². The first kappa shape index (κ1) is 25.1. The number of nitrogens with one attached hydrogen (secondary N) is 3. The molecule has 2 unspecified atom stereocenters. The van der Waals surface area contributed by atoms with Gasteiger partial charge >= 0.3 is 0 Å². The number of H-pyrrole nitrogens is 2. The number of aromatic nitrogens is 3. The summed E-state index contributed by atoms with van der Waals surface area (Å²) in [5.41, 5.74) is 1.67. The Morgan fingerprint density at radius 3 is 2.67 bits per heavy atom. The molecule has 4 aromatic rings. The maximum Gasteiger partial charge on any atom is 0.271 e. The number of hydrogen-bond acceptors (Lipinski definition) is 7. The summed E-state index contributed by atoms with van der Waals surface area (Å²) in [4.78, 5) is 25.0. The number of benzene rings is 2. The molecule has 2 heterocycles. The van der Waals surface area contributed by atoms with Crippen LogP contribution in [0.2, 0.25) is 5.02 Å². The molecule has 10 nitrogen and oxygen atoms in total. The monoisotopic (exact) mass is 509 g/mol. The first-order valence-corrected chi connectivity index (χ1v) is 11.4. The van der Waals surface area contributed by atoms with E-state index in [0.717, 1.165) is 0 Å². The van der Waals surface area contributed by atoms with Crippen LogP contribution in [0, 0.1) is 11.3 Å². The summed E-state index contributed by atoms with van der Waals surface area (Å²) in [7, 11) is 2.98. The lowest BCUT2D eigenvalue weighted by molar-refractivity contribution is 0.101. The number of aliphatic hydroxyl groups excluding tert-OH is 1. The van der Waals surface area contributed by atoms with Gasteiger partial charge in [-0.15, -0.1) is 0 Å². The molecule has 0 saturated heterocycles. The molecule has 2 aromatic heterocycles. The number of aliphatic hydroxyl groups is 1. The van der Waals surface area contributed by atoms with E-state index in [9.17, 15) is 20.0 Å². The smallest absolute Gasteiger partial charge is 0.271 e. The summed E-state index contributed by atoms with van der Waals surface area (Å²) in [5, 5.41) is 29.8. The van der Waals surface area contributed by atoms with Crippen LogP contribution in [0.15, 0.2) is 58.3 Å². The zero-order chi connectivity index (χ0) is 25.8. The molecule has 0 spiro atoms. The molecular weight excluding hydrogens is 486 g/mol. The van der Waals surface area contributed by atoms with E-state index in [4.69, 9.17) is 21.1 Å². The van der Waals surface area contributed by atoms with Crippen molar-refractivity contribution < 1.29 is 14.6 Å². The first-order valence-electron chi connectivity index (χ1n) is 11.0. The molecule has 0 saturated carbocycles. The maximum absolute atomic E-state index is 13.3. The number of fused-ring (bicyclic) bond motifs is 1. The summed E-state index contributed by atoms with van der Waals surface area (Å²) in [6, 6.07) is 12.5. The van der Waals surface area contributed by atoms with Gasteiger partial charge < -0.3 is 24.5 Å². The van der Waals surface area contributed by atoms with Crippen molar-refractivity contribution in [3.05, 3.63) is 80.0 Å². The first-order chi connectivity index (χ1) is 17.4. The highest BCUT2D eigenvalue weighted by Gasteiger charge is 2.24. The Kier molecular flexibility index (Phi) is 7.45. The molecule has 0 aliphatic heterocycles. The van der Waals surface area contributed by atoms with Gasteiger partial charge in [-0.05, 0) is 42.8 Å². The van der Waals surface area contributed by atoms with Crippen molar-refractivity contribution in [1.29, 1.82) is 5.26 Å². The summed E-state index contributed by atoms with van der Waals surface area (Å²) in [5.74, 6) is 0.328. The van der Waals surface area contributed by atoms with Crippen molar-refractivity contribution in [3.63, 3.8) is 0 Å². The standard InChI is InChI=1S/C25H24ClN5O5/c1-35-8-7-21(25(34)28-16-5-6-17-20(10-16)29-30-24(17)33)31-13-22(36-2)19(11-23(31)32)18-9-15(26)4-3-14(18)12-27/h3-6,9-11,13,21,25,28,34H,7-8H2,1-2H3,(H2,29,30,33). The number of methoxy groups -OCH3 is 2. The molecule has 2 aromatic carbocycles. The third-order valence-corrected chi connectivity index (χ3v) is 6.12. The molecule has 11 heteroatoms. The molecule has 0 amide bonds. The third kappa shape index (κ3) is 4.99. The van der Waals surface area contributed by atoms with Crippen molar-refractivity contribution in [2.45, 2.75) is 18.7 Å². The number of ether oxygens (including phenoxy) is 2. The van der Waals surface area contributed by atoms with Gasteiger partial charge in [-0.25, -0.2) is 0 Å². The second kappa shape index (κ2) is 10.7. The molecule has 0 bridgehead atoms. The van der Waals surface area contributed by atoms with Crippen molar-refractivity contribution in [3.8, 4) is 22.9 Å². The van der Waals surface area contributed by atoms with Crippen molar-refractivity contribution in [2.24, 2.45) is 0 Å². The SMILES string of the molecule is COCCC(C(O)Nc1ccc2c(=O)[nH][nH]c2c1)n1cc(OC)c(-c2cc(Cl)ccc2C#N)cc1=O. The summed E-state index contributed by atoms with van der Waals surface area (Å²) in [6.07, 6.45) is 0.603. The van der Waals surface area contributed by atoms with Gasteiger partial charge in [0.1, 0.15) is 12.0 Å². The normalized spacial score (nSPS) is 12.8. The Hall–Kier alpha value is -4.04. The maximum atomic E-state index is 13.3. The fourth-order valence-corrected chi connectivity index (χ4v) is 4.25. The zero-order valence-electron chi connectivity index (χ0n) is 19.5. The molecule has 0 aliphatic rings. The minimum absolute atomic E-state index is 0.243. The van der Waals surface area contributed by atoms with Crippen LogP contribution in [-0.4, -0.2) is 46.9 Å². The summed E-state index contributed by atoms with van der Waals surface area (Å²) < 4.78 is 12.1. The Bertz CT molecular complexity index is 1550. The molecule has 0 fully saturated rings. The van der Waals surface area contributed by atoms with E-state index >= 15 is 0 Å². The number of nitriles is 1. The van der Waals surface area contributed by atoms with Crippen LogP contribution in [0.5, 0.6) is 5.75 Å². The number of anilines is 1. The molecule has 36 heavy (non-hydrogen) atoms. The topological polar surface area (TPSA) is 145 Å². The predicted octanol–water partition coefficient (Wildman–Crippen LogP) is 3.23. The number of nitrogens with zero attached hydrogens (tertiary/aromatic N) is 2. The third-order valence-electron chi connectivity index (χ3n) is 5.89. The van der Waals surface area contributed by atoms with Crippen molar-refractivity contribution in [2.75, 3.05) is 26.1 Å². The van der Waals surface area contributed by atoms with Crippen molar-refractivity contribution >= 4 is 28.2 Å². The average molecular weight is 510 g/mol. The Morgan fingerprint density at radius 2 is 1.94 bits per heavy atom. The Morgan fingerprint density at radius 1 is 1.14 bits per heavy atom. The average Bonchev–Trinajstić information content (AvgIpc) is 3.24. The number of rotatable bonds is 9. The van der Waals surface area contributed by atoms with Crippen molar-refractivity contribution in [1.82, 2.24) is 14.8 Å². The summed E-state index contributed by atoms with van der Waals surface area (Å²) >= 11 is 6.14. The largest absolute Gasteiger partial charge is 0.495 e. The van der Waals surface area contributed by atoms with Crippen LogP contribution >= 0.6 is 11.6 Å². The van der Waals surface area contributed by atoms with E-state index in [-0.39, 0.29) is 12.2 Å². The van der Waals surface area contributed by atoms with Gasteiger partial charge in [0.2, 0.25) is 0 Å². The van der Waals surface area contributed by atoms with E-state index in [1.165, 1.54) is 31.0 Å². The van der Waals surface area contributed by atoms with E-state index in [1.54, 1.807) is 36.4 Å². The molecule has 186 valence electrons. The van der Waals surface area contributed by atoms with E-state index < -0.39 is 17.8 Å². The Balaban J connectivity index is 1.73. The highest BCUT2D eigenvalue weighted by atomic mass is 35.5. The lowest BCUT2D eigenvalue weighted by Gasteiger charge is -2.27. The highest BCUT2D eigenvalue weighted by Crippen LogP contribution is 2.34. The van der Waals surface area contributed by atoms with Crippen LogP contribution in [0.1, 0.15) is 18.0 Å². The van der Waals surface area contributed by atoms with Gasteiger partial charge in [-0.3, -0.25) is 19.8 Å². The van der Waals surface area contributed by atoms with Crippen LogP contribution in [0.25, 0.3) is 22.0 Å². The second-order valence-corrected chi connectivity index (χ2v) is 8.52. The molecule has 2 atom stereocenters. The minimum atomic E-state index is -1.20. The zero-order valence-corrected chi connectivity index (χ0v) is 20.3. The van der Waals surface area contributed by atoms with E-state index in [1.807, 2.05) is 0 Å². The molecule has 0 radical (unpaired) electrons. The van der Waals surface area contributed by atoms with Gasteiger partial charge in [0.25, 0.3) is 11.1 Å². The number of halogens is 1. The number of hydrogen-bond donors (Lipinski definition) is 4. The van der Waals surface area contributed by atoms with Gasteiger partial charge in [-0.2, -0.15) is 5.26 Å². The minimum Gasteiger partial charge on any atom is -0.495 e. The Labute approximate surface area is 210 Å². The van der Waals surface area contributed by atoms with Crippen LogP contribution < -0.4 is 21.2 Å². The van der Waals surface area contributed by atoms with Gasteiger partial charge in [0.15, 0.2) is 0 Å². The number of pyridine rings is 1. The lowest BCUT2D eigenvalue weighted by atomic mass is 10.00. The molecular formula is C25H24ClN5O5. The fourth-order valence-electron chi connectivity index (χ4n) is 4.08. The fraction of sp³-hybridized carbons (Fsp3) is 0.240. The van der Waals surface area contributed by atoms with Crippen LogP contribution in [0.4, 0.5) is 5.69 Å². The van der Waals surface area contributed by atoms with Crippen LogP contribution in [0.3, 0.4) is 0 Å².